The van der Waals surface area contributed by atoms with Gasteiger partial charge in [0.05, 0.1) is 6.61 Å². The molecule has 1 saturated carbocycles. The van der Waals surface area contributed by atoms with Crippen molar-refractivity contribution in [2.75, 3.05) is 11.9 Å². The summed E-state index contributed by atoms with van der Waals surface area (Å²) in [5.41, 5.74) is 1.17. The Kier molecular flexibility index (Phi) is 4.15. The third kappa shape index (κ3) is 4.01. The fourth-order valence-corrected chi connectivity index (χ4v) is 2.64. The zero-order valence-electron chi connectivity index (χ0n) is 11.8. The van der Waals surface area contributed by atoms with Gasteiger partial charge in [-0.05, 0) is 37.5 Å². The number of anilines is 1. The molecule has 0 unspecified atom stereocenters. The highest BCUT2D eigenvalue weighted by Gasteiger charge is 2.30. The van der Waals surface area contributed by atoms with Crippen molar-refractivity contribution in [3.05, 3.63) is 34.8 Å². The molecular weight excluding hydrogens is 286 g/mol. The minimum atomic E-state index is 0.0636. The highest BCUT2D eigenvalue weighted by molar-refractivity contribution is 7.15. The molecular formula is C15H17N3O2S. The number of nitrogens with zero attached hydrogens (tertiary/aromatic N) is 2. The molecule has 0 aliphatic heterocycles. The van der Waals surface area contributed by atoms with Crippen LogP contribution in [-0.2, 0) is 11.2 Å². The molecule has 0 radical (unpaired) electrons. The second-order valence-corrected chi connectivity index (χ2v) is 6.24. The smallest absolute Gasteiger partial charge is 0.229 e. The maximum absolute atomic E-state index is 11.6. The minimum Gasteiger partial charge on any atom is -0.493 e. The van der Waals surface area contributed by atoms with Crippen LogP contribution in [0.15, 0.2) is 24.3 Å². The van der Waals surface area contributed by atoms with Gasteiger partial charge in [-0.25, -0.2) is 0 Å². The van der Waals surface area contributed by atoms with Crippen molar-refractivity contribution < 1.29 is 9.53 Å². The minimum absolute atomic E-state index is 0.0636. The average molecular weight is 303 g/mol. The Balaban J connectivity index is 1.47. The Bertz CT molecular complexity index is 637. The monoisotopic (exact) mass is 303 g/mol. The predicted molar refractivity (Wildman–Crippen MR) is 81.6 cm³/mol. The van der Waals surface area contributed by atoms with Crippen molar-refractivity contribution in [3.8, 4) is 5.75 Å². The van der Waals surface area contributed by atoms with Crippen molar-refractivity contribution in [1.29, 1.82) is 0 Å². The molecule has 6 heteroatoms. The number of amides is 1. The van der Waals surface area contributed by atoms with E-state index in [2.05, 4.69) is 15.5 Å². The van der Waals surface area contributed by atoms with Crippen molar-refractivity contribution in [2.24, 2.45) is 5.92 Å². The van der Waals surface area contributed by atoms with Crippen LogP contribution in [0.2, 0.25) is 0 Å². The quantitative estimate of drug-likeness (QED) is 0.891. The van der Waals surface area contributed by atoms with Gasteiger partial charge in [0.25, 0.3) is 0 Å². The van der Waals surface area contributed by atoms with Gasteiger partial charge in [-0.15, -0.1) is 10.2 Å². The molecule has 0 bridgehead atoms. The molecule has 5 nitrogen and oxygen atoms in total. The largest absolute Gasteiger partial charge is 0.493 e. The van der Waals surface area contributed by atoms with Gasteiger partial charge in [0.15, 0.2) is 0 Å². The van der Waals surface area contributed by atoms with E-state index in [0.717, 1.165) is 23.6 Å². The van der Waals surface area contributed by atoms with E-state index in [0.29, 0.717) is 18.2 Å². The van der Waals surface area contributed by atoms with Crippen molar-refractivity contribution in [1.82, 2.24) is 10.2 Å². The first-order valence-electron chi connectivity index (χ1n) is 7.03. The predicted octanol–water partition coefficient (Wildman–Crippen LogP) is 2.82. The zero-order valence-corrected chi connectivity index (χ0v) is 12.7. The fourth-order valence-electron chi connectivity index (χ4n) is 1.92. The molecule has 1 amide bonds. The number of hydrogen-bond acceptors (Lipinski definition) is 5. The van der Waals surface area contributed by atoms with Gasteiger partial charge in [0, 0.05) is 12.3 Å². The number of carbonyl (C=O) groups excluding carboxylic acids is 1. The van der Waals surface area contributed by atoms with E-state index in [-0.39, 0.29) is 11.8 Å². The molecule has 1 aliphatic rings. The molecule has 3 rings (SSSR count). The molecule has 1 aliphatic carbocycles. The molecule has 2 aromatic rings. The highest BCUT2D eigenvalue weighted by Crippen LogP contribution is 2.30. The first kappa shape index (κ1) is 14.0. The molecule has 0 saturated heterocycles. The topological polar surface area (TPSA) is 64.1 Å². The van der Waals surface area contributed by atoms with Gasteiger partial charge in [0.1, 0.15) is 10.8 Å². The number of benzene rings is 1. The number of nitrogens with one attached hydrogen (secondary N) is 1. The van der Waals surface area contributed by atoms with Crippen LogP contribution in [0.25, 0.3) is 0 Å². The van der Waals surface area contributed by atoms with Crippen molar-refractivity contribution in [2.45, 2.75) is 26.2 Å². The molecule has 0 atom stereocenters. The lowest BCUT2D eigenvalue weighted by molar-refractivity contribution is -0.117. The number of aryl methyl sites for hydroxylation is 1. The lowest BCUT2D eigenvalue weighted by Gasteiger charge is -2.04. The summed E-state index contributed by atoms with van der Waals surface area (Å²) in [7, 11) is 0. The molecule has 21 heavy (non-hydrogen) atoms. The number of rotatable bonds is 6. The Labute approximate surface area is 127 Å². The van der Waals surface area contributed by atoms with Gasteiger partial charge in [0.2, 0.25) is 11.0 Å². The normalized spacial score (nSPS) is 14.0. The molecule has 110 valence electrons. The van der Waals surface area contributed by atoms with Gasteiger partial charge in [-0.2, -0.15) is 0 Å². The molecule has 1 aromatic carbocycles. The summed E-state index contributed by atoms with van der Waals surface area (Å²) >= 11 is 1.41. The van der Waals surface area contributed by atoms with Crippen molar-refractivity contribution in [3.63, 3.8) is 0 Å². The summed E-state index contributed by atoms with van der Waals surface area (Å²) in [6.07, 6.45) is 2.66. The Morgan fingerprint density at radius 3 is 3.05 bits per heavy atom. The van der Waals surface area contributed by atoms with Gasteiger partial charge in [-0.3, -0.25) is 4.79 Å². The van der Waals surface area contributed by atoms with E-state index >= 15 is 0 Å². The van der Waals surface area contributed by atoms with Gasteiger partial charge < -0.3 is 10.1 Å². The number of hydrogen-bond donors (Lipinski definition) is 1. The maximum Gasteiger partial charge on any atom is 0.229 e. The lowest BCUT2D eigenvalue weighted by Crippen LogP contribution is -2.12. The summed E-state index contributed by atoms with van der Waals surface area (Å²) in [6, 6.07) is 7.95. The summed E-state index contributed by atoms with van der Waals surface area (Å²) in [6.45, 7) is 2.58. The Morgan fingerprint density at radius 1 is 1.43 bits per heavy atom. The SMILES string of the molecule is Cc1cccc(OCCc2nnc(NC(=O)C3CC3)s2)c1. The van der Waals surface area contributed by atoms with Crippen LogP contribution in [0.3, 0.4) is 0 Å². The third-order valence-corrected chi connectivity index (χ3v) is 4.12. The molecule has 1 aromatic heterocycles. The van der Waals surface area contributed by atoms with Crippen LogP contribution in [-0.4, -0.2) is 22.7 Å². The van der Waals surface area contributed by atoms with E-state index < -0.39 is 0 Å². The average Bonchev–Trinajstić information content (AvgIpc) is 3.22. The van der Waals surface area contributed by atoms with Crippen LogP contribution in [0.5, 0.6) is 5.75 Å². The summed E-state index contributed by atoms with van der Waals surface area (Å²) in [4.78, 5) is 11.6. The standard InChI is InChI=1S/C15H17N3O2S/c1-10-3-2-4-12(9-10)20-8-7-13-17-18-15(21-13)16-14(19)11-5-6-11/h2-4,9,11H,5-8H2,1H3,(H,16,18,19). The molecule has 1 heterocycles. The van der Waals surface area contributed by atoms with Crippen LogP contribution in [0, 0.1) is 12.8 Å². The fraction of sp³-hybridized carbons (Fsp3) is 0.400. The van der Waals surface area contributed by atoms with Gasteiger partial charge >= 0.3 is 0 Å². The number of ether oxygens (including phenoxy) is 1. The molecule has 1 N–H and O–H groups in total. The van der Waals surface area contributed by atoms with Crippen LogP contribution in [0.4, 0.5) is 5.13 Å². The summed E-state index contributed by atoms with van der Waals surface area (Å²) in [5, 5.41) is 12.3. The first-order chi connectivity index (χ1) is 10.2. The number of aromatic nitrogens is 2. The zero-order chi connectivity index (χ0) is 14.7. The van der Waals surface area contributed by atoms with E-state index in [9.17, 15) is 4.79 Å². The van der Waals surface area contributed by atoms with E-state index in [1.807, 2.05) is 31.2 Å². The van der Waals surface area contributed by atoms with E-state index in [4.69, 9.17) is 4.74 Å². The third-order valence-electron chi connectivity index (χ3n) is 3.22. The van der Waals surface area contributed by atoms with E-state index in [1.54, 1.807) is 0 Å². The maximum atomic E-state index is 11.6. The highest BCUT2D eigenvalue weighted by atomic mass is 32.1. The molecule has 0 spiro atoms. The summed E-state index contributed by atoms with van der Waals surface area (Å²) < 4.78 is 5.68. The van der Waals surface area contributed by atoms with E-state index in [1.165, 1.54) is 16.9 Å². The summed E-state index contributed by atoms with van der Waals surface area (Å²) in [5.74, 6) is 1.11. The molecule has 1 fully saturated rings. The lowest BCUT2D eigenvalue weighted by atomic mass is 10.2. The Morgan fingerprint density at radius 2 is 2.29 bits per heavy atom. The van der Waals surface area contributed by atoms with Crippen molar-refractivity contribution >= 4 is 22.4 Å². The number of carbonyl (C=O) groups is 1. The Hall–Kier alpha value is -1.95. The van der Waals surface area contributed by atoms with Crippen LogP contribution in [0.1, 0.15) is 23.4 Å². The second kappa shape index (κ2) is 6.22. The van der Waals surface area contributed by atoms with Crippen LogP contribution >= 0.6 is 11.3 Å². The second-order valence-electron chi connectivity index (χ2n) is 5.18. The van der Waals surface area contributed by atoms with Crippen LogP contribution < -0.4 is 10.1 Å². The van der Waals surface area contributed by atoms with Gasteiger partial charge in [-0.1, -0.05) is 23.5 Å². The first-order valence-corrected chi connectivity index (χ1v) is 7.85.